The maximum atomic E-state index is 10.7. The standard InChI is InChI=1S/C9H11NO5/c1-14-8(11)5-10-4-6-2-3-7(15-6)9(12)13/h2-3,10H,4-5H2,1H3,(H,12,13). The van der Waals surface area contributed by atoms with Crippen LogP contribution >= 0.6 is 0 Å². The number of nitrogens with one attached hydrogen (secondary N) is 1. The smallest absolute Gasteiger partial charge is 0.371 e. The molecule has 0 fully saturated rings. The second-order valence-corrected chi connectivity index (χ2v) is 2.75. The van der Waals surface area contributed by atoms with Crippen molar-refractivity contribution in [3.63, 3.8) is 0 Å². The Labute approximate surface area is 85.8 Å². The Balaban J connectivity index is 2.38. The largest absolute Gasteiger partial charge is 0.475 e. The first-order chi connectivity index (χ1) is 7.13. The summed E-state index contributed by atoms with van der Waals surface area (Å²) in [7, 11) is 1.29. The molecule has 2 N–H and O–H groups in total. The molecule has 1 aromatic rings. The predicted octanol–water partition coefficient (Wildman–Crippen LogP) is 0.240. The van der Waals surface area contributed by atoms with Gasteiger partial charge >= 0.3 is 11.9 Å². The summed E-state index contributed by atoms with van der Waals surface area (Å²) in [6.45, 7) is 0.335. The second-order valence-electron chi connectivity index (χ2n) is 2.75. The minimum Gasteiger partial charge on any atom is -0.475 e. The molecule has 0 amide bonds. The molecule has 0 saturated heterocycles. The Kier molecular flexibility index (Phi) is 3.87. The van der Waals surface area contributed by atoms with Crippen molar-refractivity contribution < 1.29 is 23.8 Å². The number of rotatable bonds is 5. The van der Waals surface area contributed by atoms with Gasteiger partial charge in [0.05, 0.1) is 20.2 Å². The third-order valence-electron chi connectivity index (χ3n) is 1.67. The van der Waals surface area contributed by atoms with Gasteiger partial charge in [-0.25, -0.2) is 4.79 Å². The van der Waals surface area contributed by atoms with Crippen molar-refractivity contribution in [1.82, 2.24) is 5.32 Å². The monoisotopic (exact) mass is 213 g/mol. The van der Waals surface area contributed by atoms with Gasteiger partial charge in [0.2, 0.25) is 5.76 Å². The van der Waals surface area contributed by atoms with Crippen LogP contribution in [-0.4, -0.2) is 30.7 Å². The molecular formula is C9H11NO5. The van der Waals surface area contributed by atoms with E-state index in [9.17, 15) is 9.59 Å². The minimum absolute atomic E-state index is 0.0552. The number of furan rings is 1. The average molecular weight is 213 g/mol. The van der Waals surface area contributed by atoms with Crippen molar-refractivity contribution in [2.45, 2.75) is 6.54 Å². The van der Waals surface area contributed by atoms with Crippen LogP contribution in [0.4, 0.5) is 0 Å². The van der Waals surface area contributed by atoms with Gasteiger partial charge in [-0.15, -0.1) is 0 Å². The van der Waals surface area contributed by atoms with Crippen LogP contribution < -0.4 is 5.32 Å². The first kappa shape index (κ1) is 11.3. The molecule has 0 atom stereocenters. The van der Waals surface area contributed by atoms with Gasteiger partial charge in [0, 0.05) is 0 Å². The highest BCUT2D eigenvalue weighted by atomic mass is 16.5. The van der Waals surface area contributed by atoms with E-state index in [2.05, 4.69) is 10.1 Å². The molecule has 1 aromatic heterocycles. The zero-order valence-electron chi connectivity index (χ0n) is 8.15. The second kappa shape index (κ2) is 5.16. The van der Waals surface area contributed by atoms with Gasteiger partial charge in [-0.05, 0) is 12.1 Å². The molecule has 1 rings (SSSR count). The zero-order valence-corrected chi connectivity index (χ0v) is 8.15. The first-order valence-electron chi connectivity index (χ1n) is 4.23. The predicted molar refractivity (Wildman–Crippen MR) is 49.4 cm³/mol. The number of carbonyl (C=O) groups is 2. The van der Waals surface area contributed by atoms with Crippen molar-refractivity contribution >= 4 is 11.9 Å². The fourth-order valence-electron chi connectivity index (χ4n) is 0.948. The molecule has 0 aliphatic rings. The molecule has 0 aliphatic heterocycles. The van der Waals surface area contributed by atoms with E-state index >= 15 is 0 Å². The molecule has 0 aromatic carbocycles. The van der Waals surface area contributed by atoms with Crippen LogP contribution in [0.2, 0.25) is 0 Å². The molecule has 0 bridgehead atoms. The van der Waals surface area contributed by atoms with Crippen LogP contribution in [0.15, 0.2) is 16.5 Å². The van der Waals surface area contributed by atoms with Crippen LogP contribution in [0.5, 0.6) is 0 Å². The Morgan fingerprint density at radius 3 is 2.80 bits per heavy atom. The van der Waals surface area contributed by atoms with E-state index in [-0.39, 0.29) is 24.8 Å². The van der Waals surface area contributed by atoms with E-state index in [0.29, 0.717) is 5.76 Å². The summed E-state index contributed by atoms with van der Waals surface area (Å²) in [5, 5.41) is 11.3. The Bertz CT molecular complexity index is 357. The van der Waals surface area contributed by atoms with Crippen molar-refractivity contribution in [2.24, 2.45) is 0 Å². The number of carbonyl (C=O) groups excluding carboxylic acids is 1. The highest BCUT2D eigenvalue weighted by Gasteiger charge is 2.08. The lowest BCUT2D eigenvalue weighted by molar-refractivity contribution is -0.139. The summed E-state index contributed by atoms with van der Waals surface area (Å²) in [6, 6.07) is 2.89. The zero-order chi connectivity index (χ0) is 11.3. The molecule has 6 nitrogen and oxygen atoms in total. The van der Waals surface area contributed by atoms with E-state index < -0.39 is 5.97 Å². The van der Waals surface area contributed by atoms with Gasteiger partial charge < -0.3 is 14.3 Å². The highest BCUT2D eigenvalue weighted by Crippen LogP contribution is 2.06. The van der Waals surface area contributed by atoms with Crippen LogP contribution in [0.1, 0.15) is 16.3 Å². The molecular weight excluding hydrogens is 202 g/mol. The number of hydrogen-bond donors (Lipinski definition) is 2. The van der Waals surface area contributed by atoms with E-state index in [4.69, 9.17) is 9.52 Å². The Morgan fingerprint density at radius 2 is 2.27 bits per heavy atom. The maximum Gasteiger partial charge on any atom is 0.371 e. The molecule has 0 spiro atoms. The fraction of sp³-hybridized carbons (Fsp3) is 0.333. The van der Waals surface area contributed by atoms with Crippen molar-refractivity contribution in [3.8, 4) is 0 Å². The molecule has 1 heterocycles. The quantitative estimate of drug-likeness (QED) is 0.681. The van der Waals surface area contributed by atoms with E-state index in [0.717, 1.165) is 0 Å². The Morgan fingerprint density at radius 1 is 1.53 bits per heavy atom. The van der Waals surface area contributed by atoms with Crippen molar-refractivity contribution in [2.75, 3.05) is 13.7 Å². The maximum absolute atomic E-state index is 10.7. The summed E-state index contributed by atoms with van der Waals surface area (Å²) in [5.74, 6) is -1.17. The minimum atomic E-state index is -1.12. The molecule has 15 heavy (non-hydrogen) atoms. The summed E-state index contributed by atoms with van der Waals surface area (Å²) in [4.78, 5) is 21.2. The van der Waals surface area contributed by atoms with E-state index in [1.807, 2.05) is 0 Å². The first-order valence-corrected chi connectivity index (χ1v) is 4.23. The SMILES string of the molecule is COC(=O)CNCc1ccc(C(=O)O)o1. The summed E-state index contributed by atoms with van der Waals surface area (Å²) in [5.41, 5.74) is 0. The van der Waals surface area contributed by atoms with Gasteiger partial charge in [-0.1, -0.05) is 0 Å². The third-order valence-corrected chi connectivity index (χ3v) is 1.67. The normalized spacial score (nSPS) is 9.93. The van der Waals surface area contributed by atoms with Crippen molar-refractivity contribution in [1.29, 1.82) is 0 Å². The van der Waals surface area contributed by atoms with Gasteiger partial charge in [0.25, 0.3) is 0 Å². The molecule has 0 radical (unpaired) electrons. The molecule has 82 valence electrons. The lowest BCUT2D eigenvalue weighted by Gasteiger charge is -2.00. The lowest BCUT2D eigenvalue weighted by atomic mass is 10.4. The number of methoxy groups -OCH3 is 1. The number of carboxylic acid groups (broad SMARTS) is 1. The van der Waals surface area contributed by atoms with Crippen LogP contribution in [0, 0.1) is 0 Å². The molecule has 6 heteroatoms. The van der Waals surface area contributed by atoms with E-state index in [1.54, 1.807) is 0 Å². The average Bonchev–Trinajstić information content (AvgIpc) is 2.66. The number of aromatic carboxylic acids is 1. The fourth-order valence-corrected chi connectivity index (χ4v) is 0.948. The summed E-state index contributed by atoms with van der Waals surface area (Å²) < 4.78 is 9.35. The van der Waals surface area contributed by atoms with Crippen molar-refractivity contribution in [3.05, 3.63) is 23.7 Å². The van der Waals surface area contributed by atoms with E-state index in [1.165, 1.54) is 19.2 Å². The van der Waals surface area contributed by atoms with Crippen LogP contribution in [0.3, 0.4) is 0 Å². The Hall–Kier alpha value is -1.82. The molecule has 0 aliphatic carbocycles. The summed E-state index contributed by atoms with van der Waals surface area (Å²) in [6.07, 6.45) is 0. The number of carboxylic acids is 1. The molecule has 0 unspecified atom stereocenters. The number of esters is 1. The van der Waals surface area contributed by atoms with Gasteiger partial charge in [-0.2, -0.15) is 0 Å². The summed E-state index contributed by atoms with van der Waals surface area (Å²) >= 11 is 0. The number of ether oxygens (including phenoxy) is 1. The topological polar surface area (TPSA) is 88.8 Å². The molecule has 0 saturated carbocycles. The highest BCUT2D eigenvalue weighted by molar-refractivity contribution is 5.84. The van der Waals surface area contributed by atoms with Gasteiger partial charge in [-0.3, -0.25) is 10.1 Å². The number of hydrogen-bond acceptors (Lipinski definition) is 5. The van der Waals surface area contributed by atoms with Crippen LogP contribution in [-0.2, 0) is 16.1 Å². The lowest BCUT2D eigenvalue weighted by Crippen LogP contribution is -2.23. The van der Waals surface area contributed by atoms with Gasteiger partial charge in [0.1, 0.15) is 5.76 Å². The van der Waals surface area contributed by atoms with Crippen LogP contribution in [0.25, 0.3) is 0 Å². The van der Waals surface area contributed by atoms with Gasteiger partial charge in [0.15, 0.2) is 0 Å². The third kappa shape index (κ3) is 3.43.